The highest BCUT2D eigenvalue weighted by Crippen LogP contribution is 2.50. The third kappa shape index (κ3) is 4.03. The molecule has 168 valence electrons. The van der Waals surface area contributed by atoms with Gasteiger partial charge in [0.25, 0.3) is 0 Å². The van der Waals surface area contributed by atoms with E-state index in [-0.39, 0.29) is 11.9 Å². The molecule has 5 rings (SSSR count). The Kier molecular flexibility index (Phi) is 5.89. The second-order valence-corrected chi connectivity index (χ2v) is 10.7. The molecule has 2 aliphatic heterocycles. The van der Waals surface area contributed by atoms with E-state index < -0.39 is 11.6 Å². The molecule has 3 atom stereocenters. The molecular formula is C24H18Br2ClN3O2S. The smallest absolute Gasteiger partial charge is 0.236 e. The van der Waals surface area contributed by atoms with Crippen molar-refractivity contribution in [1.29, 1.82) is 0 Å². The van der Waals surface area contributed by atoms with Gasteiger partial charge in [-0.05, 0) is 85.9 Å². The number of hydrogen-bond acceptors (Lipinski definition) is 3. The number of nitrogens with one attached hydrogen (secondary N) is 2. The average Bonchev–Trinajstić information content (AvgIpc) is 2.77. The quantitative estimate of drug-likeness (QED) is 0.326. The molecule has 1 fully saturated rings. The largest absolute Gasteiger partial charge is 0.467 e. The Bertz CT molecular complexity index is 1260. The van der Waals surface area contributed by atoms with Crippen molar-refractivity contribution in [2.24, 2.45) is 5.92 Å². The molecular weight excluding hydrogens is 590 g/mol. The van der Waals surface area contributed by atoms with E-state index in [1.54, 1.807) is 24.3 Å². The van der Waals surface area contributed by atoms with Gasteiger partial charge in [0.1, 0.15) is 11.7 Å². The highest BCUT2D eigenvalue weighted by Gasteiger charge is 2.59. The fourth-order valence-electron chi connectivity index (χ4n) is 4.49. The van der Waals surface area contributed by atoms with E-state index in [0.29, 0.717) is 21.6 Å². The van der Waals surface area contributed by atoms with Crippen LogP contribution in [0.5, 0.6) is 5.75 Å². The molecule has 2 N–H and O–H groups in total. The molecule has 33 heavy (non-hydrogen) atoms. The van der Waals surface area contributed by atoms with Gasteiger partial charge in [0.05, 0.1) is 6.04 Å². The maximum absolute atomic E-state index is 13.8. The zero-order valence-corrected chi connectivity index (χ0v) is 22.1. The van der Waals surface area contributed by atoms with Crippen molar-refractivity contribution in [3.05, 3.63) is 86.3 Å². The van der Waals surface area contributed by atoms with Crippen LogP contribution in [0.15, 0.2) is 75.7 Å². The topological polar surface area (TPSA) is 53.6 Å². The minimum absolute atomic E-state index is 0.187. The standard InChI is InChI=1S/C24H18Br2ClN3O2S/c1-24-20(22(31)28-16-7-5-15(27)6-8-16)21(18-12-14(26)4-11-19(18)32-24)29-23(33)30(24)17-9-2-13(25)3-10-17/h2-12,20-21H,1H3,(H,28,31)(H,29,33)/t20-,21+,24-/m0/s1. The molecule has 2 bridgehead atoms. The number of amides is 1. The summed E-state index contributed by atoms with van der Waals surface area (Å²) < 4.78 is 8.43. The average molecular weight is 608 g/mol. The molecule has 0 aliphatic carbocycles. The first-order chi connectivity index (χ1) is 15.8. The van der Waals surface area contributed by atoms with Crippen molar-refractivity contribution in [2.45, 2.75) is 18.7 Å². The summed E-state index contributed by atoms with van der Waals surface area (Å²) >= 11 is 18.8. The van der Waals surface area contributed by atoms with E-state index >= 15 is 0 Å². The minimum Gasteiger partial charge on any atom is -0.467 e. The summed E-state index contributed by atoms with van der Waals surface area (Å²) in [4.78, 5) is 15.6. The first-order valence-corrected chi connectivity index (χ1v) is 12.5. The lowest BCUT2D eigenvalue weighted by Crippen LogP contribution is -2.72. The molecule has 0 aromatic heterocycles. The van der Waals surface area contributed by atoms with Crippen molar-refractivity contribution in [3.63, 3.8) is 0 Å². The van der Waals surface area contributed by atoms with Crippen LogP contribution in [-0.4, -0.2) is 16.7 Å². The van der Waals surface area contributed by atoms with Gasteiger partial charge in [0, 0.05) is 30.9 Å². The number of carbonyl (C=O) groups is 1. The number of halogens is 3. The summed E-state index contributed by atoms with van der Waals surface area (Å²) in [5, 5.41) is 7.53. The first kappa shape index (κ1) is 22.7. The second kappa shape index (κ2) is 8.58. The lowest BCUT2D eigenvalue weighted by molar-refractivity contribution is -0.130. The Morgan fingerprint density at radius 2 is 1.76 bits per heavy atom. The number of anilines is 2. The van der Waals surface area contributed by atoms with Crippen molar-refractivity contribution < 1.29 is 9.53 Å². The molecule has 5 nitrogen and oxygen atoms in total. The van der Waals surface area contributed by atoms with Gasteiger partial charge in [-0.2, -0.15) is 0 Å². The van der Waals surface area contributed by atoms with Gasteiger partial charge in [-0.3, -0.25) is 9.69 Å². The highest BCUT2D eigenvalue weighted by atomic mass is 79.9. The molecule has 3 aromatic carbocycles. The Balaban J connectivity index is 1.62. The van der Waals surface area contributed by atoms with Gasteiger partial charge in [-0.25, -0.2) is 0 Å². The zero-order chi connectivity index (χ0) is 23.3. The summed E-state index contributed by atoms with van der Waals surface area (Å²) in [7, 11) is 0. The molecule has 2 heterocycles. The summed E-state index contributed by atoms with van der Waals surface area (Å²) in [6.07, 6.45) is 0. The third-order valence-electron chi connectivity index (χ3n) is 5.94. The van der Waals surface area contributed by atoms with Crippen molar-refractivity contribution in [1.82, 2.24) is 5.32 Å². The minimum atomic E-state index is -1.07. The van der Waals surface area contributed by atoms with E-state index in [1.807, 2.05) is 54.3 Å². The van der Waals surface area contributed by atoms with E-state index in [4.69, 9.17) is 28.6 Å². The van der Waals surface area contributed by atoms with Crippen LogP contribution in [0, 0.1) is 5.92 Å². The predicted octanol–water partition coefficient (Wildman–Crippen LogP) is 6.66. The summed E-state index contributed by atoms with van der Waals surface area (Å²) in [5.74, 6) is -0.101. The fourth-order valence-corrected chi connectivity index (χ4v) is 5.67. The Hall–Kier alpha value is -2.13. The number of hydrogen-bond donors (Lipinski definition) is 2. The monoisotopic (exact) mass is 605 g/mol. The fraction of sp³-hybridized carbons (Fsp3) is 0.167. The summed E-state index contributed by atoms with van der Waals surface area (Å²) in [6.45, 7) is 1.91. The number of carbonyl (C=O) groups excluding carboxylic acids is 1. The first-order valence-electron chi connectivity index (χ1n) is 10.2. The van der Waals surface area contributed by atoms with Gasteiger partial charge >= 0.3 is 0 Å². The molecule has 0 radical (unpaired) electrons. The molecule has 0 unspecified atom stereocenters. The number of benzene rings is 3. The van der Waals surface area contributed by atoms with Gasteiger partial charge in [-0.15, -0.1) is 0 Å². The van der Waals surface area contributed by atoms with Crippen LogP contribution < -0.4 is 20.3 Å². The van der Waals surface area contributed by atoms with Crippen molar-refractivity contribution >= 4 is 78.1 Å². The molecule has 9 heteroatoms. The number of fused-ring (bicyclic) bond motifs is 4. The van der Waals surface area contributed by atoms with Gasteiger partial charge in [0.15, 0.2) is 10.8 Å². The zero-order valence-electron chi connectivity index (χ0n) is 17.3. The second-order valence-electron chi connectivity index (χ2n) is 8.05. The summed E-state index contributed by atoms with van der Waals surface area (Å²) in [5.41, 5.74) is 1.28. The summed E-state index contributed by atoms with van der Waals surface area (Å²) in [6, 6.07) is 20.2. The van der Waals surface area contributed by atoms with Crippen molar-refractivity contribution in [3.8, 4) is 5.75 Å². The normalized spacial score (nSPS) is 23.3. The van der Waals surface area contributed by atoms with Crippen LogP contribution >= 0.6 is 55.7 Å². The molecule has 3 aromatic rings. The van der Waals surface area contributed by atoms with Crippen LogP contribution in [0.1, 0.15) is 18.5 Å². The molecule has 1 amide bonds. The predicted molar refractivity (Wildman–Crippen MR) is 142 cm³/mol. The Morgan fingerprint density at radius 1 is 1.09 bits per heavy atom. The lowest BCUT2D eigenvalue weighted by Gasteiger charge is -2.56. The molecule has 0 spiro atoms. The van der Waals surface area contributed by atoms with E-state index in [9.17, 15) is 4.79 Å². The van der Waals surface area contributed by atoms with Crippen molar-refractivity contribution in [2.75, 3.05) is 10.2 Å². The van der Waals surface area contributed by atoms with E-state index in [0.717, 1.165) is 20.2 Å². The molecule has 1 saturated heterocycles. The van der Waals surface area contributed by atoms with E-state index in [2.05, 4.69) is 42.5 Å². The van der Waals surface area contributed by atoms with Gasteiger partial charge in [-0.1, -0.05) is 43.5 Å². The molecule has 0 saturated carbocycles. The SMILES string of the molecule is C[C@@]12Oc3ccc(Br)cc3[C@@H](NC(=S)N1c1ccc(Br)cc1)[C@H]2C(=O)Nc1ccc(Cl)cc1. The number of nitrogens with zero attached hydrogens (tertiary/aromatic N) is 1. The maximum atomic E-state index is 13.8. The van der Waals surface area contributed by atoms with Crippen LogP contribution in [0.3, 0.4) is 0 Å². The highest BCUT2D eigenvalue weighted by molar-refractivity contribution is 9.10. The van der Waals surface area contributed by atoms with E-state index in [1.165, 1.54) is 0 Å². The molecule has 2 aliphatic rings. The Labute approximate surface area is 218 Å². The third-order valence-corrected chi connectivity index (χ3v) is 7.51. The lowest BCUT2D eigenvalue weighted by atomic mass is 9.78. The van der Waals surface area contributed by atoms with Crippen LogP contribution in [0.4, 0.5) is 11.4 Å². The Morgan fingerprint density at radius 3 is 2.45 bits per heavy atom. The maximum Gasteiger partial charge on any atom is 0.236 e. The number of ether oxygens (including phenoxy) is 1. The van der Waals surface area contributed by atoms with Gasteiger partial charge < -0.3 is 15.4 Å². The number of thiocarbonyl (C=S) groups is 1. The van der Waals surface area contributed by atoms with Gasteiger partial charge in [0.2, 0.25) is 5.91 Å². The number of rotatable bonds is 3. The van der Waals surface area contributed by atoms with Crippen LogP contribution in [0.25, 0.3) is 0 Å². The van der Waals surface area contributed by atoms with Crippen LogP contribution in [0.2, 0.25) is 5.02 Å². The van der Waals surface area contributed by atoms with Crippen LogP contribution in [-0.2, 0) is 4.79 Å².